The van der Waals surface area contributed by atoms with Crippen LogP contribution >= 0.6 is 11.6 Å². The van der Waals surface area contributed by atoms with Gasteiger partial charge in [0.25, 0.3) is 10.1 Å². The summed E-state index contributed by atoms with van der Waals surface area (Å²) in [5.74, 6) is 0. The first-order valence-corrected chi connectivity index (χ1v) is 7.05. The molecule has 1 aromatic rings. The van der Waals surface area contributed by atoms with Crippen molar-refractivity contribution in [1.29, 1.82) is 0 Å². The van der Waals surface area contributed by atoms with E-state index >= 15 is 0 Å². The zero-order valence-electron chi connectivity index (χ0n) is 9.01. The minimum atomic E-state index is -4.21. The number of alkyl halides is 1. The zero-order valence-corrected chi connectivity index (χ0v) is 10.6. The minimum Gasteiger partial charge on any atom is -0.366 e. The first-order valence-electron chi connectivity index (χ1n) is 5.17. The van der Waals surface area contributed by atoms with Gasteiger partial charge in [-0.2, -0.15) is 8.42 Å². The van der Waals surface area contributed by atoms with Gasteiger partial charge in [-0.1, -0.05) is 12.1 Å². The second-order valence-electron chi connectivity index (χ2n) is 3.81. The Hall–Kier alpha value is -0.820. The predicted octanol–water partition coefficient (Wildman–Crippen LogP) is 0.908. The fourth-order valence-electron chi connectivity index (χ4n) is 1.86. The van der Waals surface area contributed by atoms with Gasteiger partial charge in [0.05, 0.1) is 5.69 Å². The molecule has 1 aromatic carbocycles. The summed E-state index contributed by atoms with van der Waals surface area (Å²) in [7, 11) is -4.21. The van der Waals surface area contributed by atoms with Crippen molar-refractivity contribution >= 4 is 27.4 Å². The van der Waals surface area contributed by atoms with Crippen molar-refractivity contribution in [2.24, 2.45) is 0 Å². The Labute approximate surface area is 105 Å². The molecular weight excluding hydrogens is 264 g/mol. The van der Waals surface area contributed by atoms with Gasteiger partial charge >= 0.3 is 0 Å². The normalized spacial score (nSPS) is 21.5. The molecule has 0 saturated carbocycles. The average Bonchev–Trinajstić information content (AvgIpc) is 2.28. The Morgan fingerprint density at radius 2 is 2.12 bits per heavy atom. The second-order valence-corrected chi connectivity index (χ2v) is 5.73. The molecule has 17 heavy (non-hydrogen) atoms. The van der Waals surface area contributed by atoms with Crippen molar-refractivity contribution < 1.29 is 13.0 Å². The van der Waals surface area contributed by atoms with Crippen LogP contribution < -0.4 is 10.2 Å². The number of rotatable bonds is 2. The highest BCUT2D eigenvalue weighted by Gasteiger charge is 2.23. The standard InChI is InChI=1S/C10H13ClN2O3S/c11-10-7-13(6-5-12-10)8-3-1-2-4-9(8)17(14,15)16/h1-4,10,12H,5-7H2,(H,14,15,16). The first kappa shape index (κ1) is 12.6. The molecule has 0 bridgehead atoms. The lowest BCUT2D eigenvalue weighted by molar-refractivity contribution is 0.481. The van der Waals surface area contributed by atoms with Gasteiger partial charge in [0.2, 0.25) is 0 Å². The molecule has 1 aliphatic heterocycles. The molecule has 1 fully saturated rings. The number of piperazine rings is 1. The molecule has 0 spiro atoms. The fraction of sp³-hybridized carbons (Fsp3) is 0.400. The van der Waals surface area contributed by atoms with Crippen LogP contribution in [-0.4, -0.2) is 38.1 Å². The number of anilines is 1. The molecule has 7 heteroatoms. The third-order valence-electron chi connectivity index (χ3n) is 2.61. The summed E-state index contributed by atoms with van der Waals surface area (Å²) in [4.78, 5) is 1.77. The van der Waals surface area contributed by atoms with Gasteiger partial charge in [0.15, 0.2) is 0 Å². The van der Waals surface area contributed by atoms with Crippen molar-refractivity contribution in [3.8, 4) is 0 Å². The lowest BCUT2D eigenvalue weighted by Gasteiger charge is -2.33. The third-order valence-corrected chi connectivity index (χ3v) is 3.81. The maximum Gasteiger partial charge on any atom is 0.296 e. The van der Waals surface area contributed by atoms with Gasteiger partial charge in [0, 0.05) is 19.6 Å². The van der Waals surface area contributed by atoms with Gasteiger partial charge in [-0.25, -0.2) is 0 Å². The molecule has 0 aromatic heterocycles. The number of hydrogen-bond donors (Lipinski definition) is 2. The van der Waals surface area contributed by atoms with Crippen LogP contribution in [0.1, 0.15) is 0 Å². The Bertz CT molecular complexity index is 506. The first-order chi connectivity index (χ1) is 7.98. The largest absolute Gasteiger partial charge is 0.366 e. The maximum absolute atomic E-state index is 11.3. The molecule has 1 heterocycles. The van der Waals surface area contributed by atoms with E-state index in [9.17, 15) is 8.42 Å². The highest BCUT2D eigenvalue weighted by Crippen LogP contribution is 2.25. The maximum atomic E-state index is 11.3. The van der Waals surface area contributed by atoms with Crippen molar-refractivity contribution in [3.63, 3.8) is 0 Å². The van der Waals surface area contributed by atoms with Crippen LogP contribution in [0.2, 0.25) is 0 Å². The van der Waals surface area contributed by atoms with E-state index in [1.807, 2.05) is 4.90 Å². The number of hydrogen-bond acceptors (Lipinski definition) is 4. The SMILES string of the molecule is O=S(=O)(O)c1ccccc1N1CCNC(Cl)C1. The minimum absolute atomic E-state index is 0.0780. The van der Waals surface area contributed by atoms with Crippen molar-refractivity contribution in [2.75, 3.05) is 24.5 Å². The Kier molecular flexibility index (Phi) is 3.58. The average molecular weight is 277 g/mol. The Morgan fingerprint density at radius 1 is 1.41 bits per heavy atom. The molecule has 5 nitrogen and oxygen atoms in total. The van der Waals surface area contributed by atoms with Crippen LogP contribution in [0.5, 0.6) is 0 Å². The Morgan fingerprint density at radius 3 is 2.76 bits per heavy atom. The highest BCUT2D eigenvalue weighted by atomic mass is 35.5. The van der Waals surface area contributed by atoms with Crippen LogP contribution in [0.25, 0.3) is 0 Å². The smallest absolute Gasteiger partial charge is 0.296 e. The summed E-state index contributed by atoms with van der Waals surface area (Å²) in [6.07, 6.45) is 0. The van der Waals surface area contributed by atoms with E-state index in [1.165, 1.54) is 6.07 Å². The lowest BCUT2D eigenvalue weighted by Crippen LogP contribution is -2.48. The zero-order chi connectivity index (χ0) is 12.5. The topological polar surface area (TPSA) is 69.6 Å². The summed E-state index contributed by atoms with van der Waals surface area (Å²) in [6, 6.07) is 6.36. The number of halogens is 1. The summed E-state index contributed by atoms with van der Waals surface area (Å²) in [6.45, 7) is 1.82. The van der Waals surface area contributed by atoms with E-state index in [2.05, 4.69) is 5.32 Å². The Balaban J connectivity index is 2.38. The number of benzene rings is 1. The van der Waals surface area contributed by atoms with Crippen molar-refractivity contribution in [3.05, 3.63) is 24.3 Å². The van der Waals surface area contributed by atoms with Crippen LogP contribution in [-0.2, 0) is 10.1 Å². The van der Waals surface area contributed by atoms with Gasteiger partial charge in [-0.3, -0.25) is 9.87 Å². The second kappa shape index (κ2) is 4.81. The molecular formula is C10H13ClN2O3S. The van der Waals surface area contributed by atoms with Gasteiger partial charge in [-0.15, -0.1) is 11.6 Å². The molecule has 1 saturated heterocycles. The van der Waals surface area contributed by atoms with E-state index in [1.54, 1.807) is 18.2 Å². The summed E-state index contributed by atoms with van der Waals surface area (Å²) in [5, 5.41) is 3.05. The van der Waals surface area contributed by atoms with Gasteiger partial charge in [0.1, 0.15) is 10.4 Å². The summed E-state index contributed by atoms with van der Waals surface area (Å²) in [5.41, 5.74) is 0.264. The molecule has 2 rings (SSSR count). The van der Waals surface area contributed by atoms with Crippen LogP contribution in [0, 0.1) is 0 Å². The molecule has 2 N–H and O–H groups in total. The summed E-state index contributed by atoms with van der Waals surface area (Å²) >= 11 is 5.96. The molecule has 94 valence electrons. The lowest BCUT2D eigenvalue weighted by atomic mass is 10.2. The predicted molar refractivity (Wildman–Crippen MR) is 66.1 cm³/mol. The van der Waals surface area contributed by atoms with E-state index in [-0.39, 0.29) is 10.4 Å². The summed E-state index contributed by atoms with van der Waals surface area (Å²) < 4.78 is 31.7. The molecule has 1 atom stereocenters. The number of nitrogens with zero attached hydrogens (tertiary/aromatic N) is 1. The third kappa shape index (κ3) is 2.90. The fourth-order valence-corrected chi connectivity index (χ4v) is 2.85. The molecule has 1 unspecified atom stereocenters. The number of nitrogens with one attached hydrogen (secondary N) is 1. The molecule has 0 aliphatic carbocycles. The van der Waals surface area contributed by atoms with E-state index < -0.39 is 10.1 Å². The van der Waals surface area contributed by atoms with Crippen LogP contribution in [0.3, 0.4) is 0 Å². The van der Waals surface area contributed by atoms with Crippen molar-refractivity contribution in [2.45, 2.75) is 10.4 Å². The molecule has 1 aliphatic rings. The number of para-hydroxylation sites is 1. The quantitative estimate of drug-likeness (QED) is 0.477. The van der Waals surface area contributed by atoms with E-state index in [4.69, 9.17) is 16.2 Å². The van der Waals surface area contributed by atoms with Crippen LogP contribution in [0.15, 0.2) is 29.2 Å². The molecule has 0 amide bonds. The van der Waals surface area contributed by atoms with Gasteiger partial charge < -0.3 is 4.90 Å². The monoisotopic (exact) mass is 276 g/mol. The van der Waals surface area contributed by atoms with E-state index in [0.717, 1.165) is 0 Å². The van der Waals surface area contributed by atoms with Crippen molar-refractivity contribution in [1.82, 2.24) is 5.32 Å². The highest BCUT2D eigenvalue weighted by molar-refractivity contribution is 7.86. The van der Waals surface area contributed by atoms with Gasteiger partial charge in [-0.05, 0) is 12.1 Å². The van der Waals surface area contributed by atoms with Crippen LogP contribution in [0.4, 0.5) is 5.69 Å². The van der Waals surface area contributed by atoms with E-state index in [0.29, 0.717) is 25.3 Å². The molecule has 0 radical (unpaired) electrons.